The maximum absolute atomic E-state index is 11.9. The zero-order valence-corrected chi connectivity index (χ0v) is 11.6. The Morgan fingerprint density at radius 3 is 2.45 bits per heavy atom. The van der Waals surface area contributed by atoms with E-state index < -0.39 is 11.9 Å². The highest BCUT2D eigenvalue weighted by atomic mass is 35.5. The minimum Gasteiger partial charge on any atom is -0.478 e. The highest BCUT2D eigenvalue weighted by Gasteiger charge is 2.15. The number of hydrogen-bond donors (Lipinski definition) is 2. The van der Waals surface area contributed by atoms with E-state index in [9.17, 15) is 14.4 Å². The van der Waals surface area contributed by atoms with Gasteiger partial charge in [-0.3, -0.25) is 9.59 Å². The van der Waals surface area contributed by atoms with Gasteiger partial charge in [-0.05, 0) is 18.2 Å². The topological polar surface area (TPSA) is 86.7 Å². The third-order valence-electron chi connectivity index (χ3n) is 2.25. The molecular weight excluding hydrogens is 284 g/mol. The van der Waals surface area contributed by atoms with Gasteiger partial charge in [0.15, 0.2) is 0 Å². The molecule has 0 aliphatic carbocycles. The van der Waals surface area contributed by atoms with Crippen molar-refractivity contribution in [1.29, 1.82) is 0 Å². The summed E-state index contributed by atoms with van der Waals surface area (Å²) in [6.07, 6.45) is 1.56. The first-order chi connectivity index (χ1) is 9.31. The number of rotatable bonds is 4. The molecule has 7 heteroatoms. The Morgan fingerprint density at radius 1 is 1.25 bits per heavy atom. The molecule has 106 valence electrons. The molecule has 1 aromatic carbocycles. The number of nitrogens with zero attached hydrogens (tertiary/aromatic N) is 1. The first-order valence-corrected chi connectivity index (χ1v) is 5.92. The molecule has 0 heterocycles. The monoisotopic (exact) mass is 296 g/mol. The van der Waals surface area contributed by atoms with Crippen LogP contribution in [-0.4, -0.2) is 41.9 Å². The summed E-state index contributed by atoms with van der Waals surface area (Å²) in [5.74, 6) is -2.21. The highest BCUT2D eigenvalue weighted by molar-refractivity contribution is 6.31. The third kappa shape index (κ3) is 4.40. The van der Waals surface area contributed by atoms with Gasteiger partial charge < -0.3 is 15.3 Å². The Kier molecular flexibility index (Phi) is 5.28. The smallest absolute Gasteiger partial charge is 0.328 e. The average molecular weight is 297 g/mol. The molecule has 0 unspecified atom stereocenters. The second-order valence-corrected chi connectivity index (χ2v) is 4.49. The molecule has 0 fully saturated rings. The number of halogens is 1. The van der Waals surface area contributed by atoms with Crippen molar-refractivity contribution in [3.63, 3.8) is 0 Å². The third-order valence-corrected chi connectivity index (χ3v) is 2.49. The molecule has 1 aromatic rings. The molecule has 0 saturated heterocycles. The fourth-order valence-electron chi connectivity index (χ4n) is 1.37. The molecule has 2 N–H and O–H groups in total. The summed E-state index contributed by atoms with van der Waals surface area (Å²) >= 11 is 5.82. The number of amides is 2. The number of hydrogen-bond acceptors (Lipinski definition) is 3. The summed E-state index contributed by atoms with van der Waals surface area (Å²) in [7, 11) is 3.15. The van der Waals surface area contributed by atoms with Gasteiger partial charge in [0.1, 0.15) is 0 Å². The van der Waals surface area contributed by atoms with E-state index in [1.54, 1.807) is 14.1 Å². The number of carbonyl (C=O) groups is 3. The van der Waals surface area contributed by atoms with E-state index in [1.165, 1.54) is 23.1 Å². The molecule has 0 aliphatic rings. The van der Waals surface area contributed by atoms with Gasteiger partial charge in [-0.15, -0.1) is 0 Å². The lowest BCUT2D eigenvalue weighted by Crippen LogP contribution is -2.23. The van der Waals surface area contributed by atoms with Crippen molar-refractivity contribution < 1.29 is 19.5 Å². The molecule has 20 heavy (non-hydrogen) atoms. The minimum absolute atomic E-state index is 0.219. The lowest BCUT2D eigenvalue weighted by Gasteiger charge is -2.14. The molecule has 0 saturated carbocycles. The van der Waals surface area contributed by atoms with Crippen molar-refractivity contribution in [1.82, 2.24) is 4.90 Å². The lowest BCUT2D eigenvalue weighted by molar-refractivity contribution is -0.131. The van der Waals surface area contributed by atoms with Crippen LogP contribution in [0.3, 0.4) is 0 Å². The predicted octanol–water partition coefficient (Wildman–Crippen LogP) is 1.62. The van der Waals surface area contributed by atoms with E-state index in [0.29, 0.717) is 11.1 Å². The number of benzene rings is 1. The second kappa shape index (κ2) is 6.72. The molecule has 0 aliphatic heterocycles. The van der Waals surface area contributed by atoms with Crippen molar-refractivity contribution in [2.75, 3.05) is 19.4 Å². The van der Waals surface area contributed by atoms with Crippen LogP contribution in [0.5, 0.6) is 0 Å². The van der Waals surface area contributed by atoms with Crippen molar-refractivity contribution in [3.05, 3.63) is 40.9 Å². The maximum Gasteiger partial charge on any atom is 0.328 e. The second-order valence-electron chi connectivity index (χ2n) is 4.05. The maximum atomic E-state index is 11.9. The lowest BCUT2D eigenvalue weighted by atomic mass is 10.1. The standard InChI is InChI=1S/C13H13ClN2O4/c1-16(2)13(20)9-4-3-8(14)7-10(9)15-11(17)5-6-12(18)19/h3-7H,1-2H3,(H,15,17)(H,18,19)/b6-5+. The summed E-state index contributed by atoms with van der Waals surface area (Å²) in [5, 5.41) is 11.2. The number of anilines is 1. The molecular formula is C13H13ClN2O4. The van der Waals surface area contributed by atoms with E-state index >= 15 is 0 Å². The van der Waals surface area contributed by atoms with Gasteiger partial charge in [-0.25, -0.2) is 4.79 Å². The van der Waals surface area contributed by atoms with Gasteiger partial charge in [0.2, 0.25) is 5.91 Å². The van der Waals surface area contributed by atoms with Crippen molar-refractivity contribution in [2.24, 2.45) is 0 Å². The van der Waals surface area contributed by atoms with Crippen molar-refractivity contribution in [3.8, 4) is 0 Å². The summed E-state index contributed by atoms with van der Waals surface area (Å²) in [6.45, 7) is 0. The first kappa shape index (κ1) is 15.7. The van der Waals surface area contributed by atoms with Crippen molar-refractivity contribution in [2.45, 2.75) is 0 Å². The Bertz CT molecular complexity index is 582. The highest BCUT2D eigenvalue weighted by Crippen LogP contribution is 2.22. The van der Waals surface area contributed by atoms with E-state index in [-0.39, 0.29) is 17.2 Å². The van der Waals surface area contributed by atoms with Crippen LogP contribution in [0.2, 0.25) is 5.02 Å². The van der Waals surface area contributed by atoms with Crippen LogP contribution in [0, 0.1) is 0 Å². The van der Waals surface area contributed by atoms with Crippen LogP contribution < -0.4 is 5.32 Å². The molecule has 0 spiro atoms. The van der Waals surface area contributed by atoms with Gasteiger partial charge in [0.25, 0.3) is 5.91 Å². The van der Waals surface area contributed by atoms with Crippen molar-refractivity contribution >= 4 is 35.1 Å². The number of carboxylic acid groups (broad SMARTS) is 1. The van der Waals surface area contributed by atoms with Crippen LogP contribution in [-0.2, 0) is 9.59 Å². The SMILES string of the molecule is CN(C)C(=O)c1ccc(Cl)cc1NC(=O)/C=C/C(=O)O. The predicted molar refractivity (Wildman–Crippen MR) is 74.9 cm³/mol. The largest absolute Gasteiger partial charge is 0.478 e. The molecule has 1 rings (SSSR count). The Hall–Kier alpha value is -2.34. The van der Waals surface area contributed by atoms with Gasteiger partial charge >= 0.3 is 5.97 Å². The zero-order chi connectivity index (χ0) is 15.3. The molecule has 0 radical (unpaired) electrons. The summed E-state index contributed by atoms with van der Waals surface area (Å²) in [5.41, 5.74) is 0.479. The Morgan fingerprint density at radius 2 is 1.90 bits per heavy atom. The molecule has 6 nitrogen and oxygen atoms in total. The number of carbonyl (C=O) groups excluding carboxylic acids is 2. The Labute approximate surface area is 120 Å². The zero-order valence-electron chi connectivity index (χ0n) is 10.9. The van der Waals surface area contributed by atoms with Gasteiger partial charge in [0, 0.05) is 31.3 Å². The van der Waals surface area contributed by atoms with Crippen LogP contribution in [0.4, 0.5) is 5.69 Å². The Balaban J connectivity index is 3.04. The number of nitrogens with one attached hydrogen (secondary N) is 1. The molecule has 0 atom stereocenters. The summed E-state index contributed by atoms with van der Waals surface area (Å²) in [6, 6.07) is 4.44. The molecule has 2 amide bonds. The average Bonchev–Trinajstić information content (AvgIpc) is 2.35. The van der Waals surface area contributed by atoms with E-state index in [4.69, 9.17) is 16.7 Å². The molecule has 0 aromatic heterocycles. The van der Waals surface area contributed by atoms with E-state index in [2.05, 4.69) is 5.32 Å². The normalized spacial score (nSPS) is 10.3. The number of carboxylic acids is 1. The van der Waals surface area contributed by atoms with Crippen LogP contribution in [0.25, 0.3) is 0 Å². The quantitative estimate of drug-likeness (QED) is 0.827. The first-order valence-electron chi connectivity index (χ1n) is 5.54. The fraction of sp³-hybridized carbons (Fsp3) is 0.154. The van der Waals surface area contributed by atoms with E-state index in [0.717, 1.165) is 6.08 Å². The fourth-order valence-corrected chi connectivity index (χ4v) is 1.54. The van der Waals surface area contributed by atoms with Gasteiger partial charge in [-0.1, -0.05) is 11.6 Å². The number of aliphatic carboxylic acids is 1. The van der Waals surface area contributed by atoms with Gasteiger partial charge in [-0.2, -0.15) is 0 Å². The summed E-state index contributed by atoms with van der Waals surface area (Å²) in [4.78, 5) is 35.2. The van der Waals surface area contributed by atoms with Crippen LogP contribution in [0.15, 0.2) is 30.4 Å². The minimum atomic E-state index is -1.24. The van der Waals surface area contributed by atoms with Gasteiger partial charge in [0.05, 0.1) is 11.3 Å². The van der Waals surface area contributed by atoms with Crippen LogP contribution in [0.1, 0.15) is 10.4 Å². The van der Waals surface area contributed by atoms with E-state index in [1.807, 2.05) is 0 Å². The molecule has 0 bridgehead atoms. The summed E-state index contributed by atoms with van der Waals surface area (Å²) < 4.78 is 0. The van der Waals surface area contributed by atoms with Crippen LogP contribution >= 0.6 is 11.6 Å².